The first-order valence-electron chi connectivity index (χ1n) is 3.17. The van der Waals surface area contributed by atoms with Gasteiger partial charge in [-0.15, -0.1) is 0 Å². The van der Waals surface area contributed by atoms with Gasteiger partial charge < -0.3 is 5.73 Å². The van der Waals surface area contributed by atoms with Gasteiger partial charge in [-0.2, -0.15) is 0 Å². The molecule has 0 aromatic carbocycles. The molecule has 2 rings (SSSR count). The quantitative estimate of drug-likeness (QED) is 0.647. The second kappa shape index (κ2) is 2.13. The second-order valence-corrected chi connectivity index (χ2v) is 2.57. The lowest BCUT2D eigenvalue weighted by Crippen LogP contribution is -1.91. The van der Waals surface area contributed by atoms with Gasteiger partial charge in [0.2, 0.25) is 0 Å². The van der Waals surface area contributed by atoms with Crippen molar-refractivity contribution in [2.24, 2.45) is 0 Å². The van der Waals surface area contributed by atoms with Gasteiger partial charge >= 0.3 is 0 Å². The first-order valence-corrected chi connectivity index (χ1v) is 3.55. The van der Waals surface area contributed by atoms with Crippen molar-refractivity contribution < 1.29 is 0 Å². The number of pyridine rings is 1. The van der Waals surface area contributed by atoms with Gasteiger partial charge in [0.05, 0.1) is 0 Å². The van der Waals surface area contributed by atoms with Crippen LogP contribution in [0.15, 0.2) is 24.4 Å². The first kappa shape index (κ1) is 6.49. The largest absolute Gasteiger partial charge is 0.382 e. The molecule has 56 valence electrons. The minimum atomic E-state index is 0.358. The van der Waals surface area contributed by atoms with Gasteiger partial charge in [-0.1, -0.05) is 17.7 Å². The molecule has 0 bridgehead atoms. The summed E-state index contributed by atoms with van der Waals surface area (Å²) in [5.41, 5.74) is 6.38. The summed E-state index contributed by atoms with van der Waals surface area (Å²) >= 11 is 5.70. The fourth-order valence-corrected chi connectivity index (χ4v) is 1.16. The third-order valence-electron chi connectivity index (χ3n) is 1.52. The van der Waals surface area contributed by atoms with Crippen molar-refractivity contribution in [3.8, 4) is 0 Å². The van der Waals surface area contributed by atoms with Crippen LogP contribution in [-0.2, 0) is 0 Å². The summed E-state index contributed by atoms with van der Waals surface area (Å²) in [6, 6.07) is 5.61. The summed E-state index contributed by atoms with van der Waals surface area (Å²) in [5.74, 6) is 0.488. The van der Waals surface area contributed by atoms with Crippen LogP contribution in [0.3, 0.4) is 0 Å². The number of aromatic nitrogens is 2. The Morgan fingerprint density at radius 3 is 3.00 bits per heavy atom. The van der Waals surface area contributed by atoms with E-state index in [0.29, 0.717) is 11.0 Å². The molecule has 0 atom stereocenters. The molecule has 2 aromatic heterocycles. The summed E-state index contributed by atoms with van der Waals surface area (Å²) in [6.07, 6.45) is 1.82. The van der Waals surface area contributed by atoms with Crippen molar-refractivity contribution >= 4 is 23.1 Å². The van der Waals surface area contributed by atoms with Crippen molar-refractivity contribution in [3.63, 3.8) is 0 Å². The van der Waals surface area contributed by atoms with Gasteiger partial charge in [0.25, 0.3) is 0 Å². The molecular weight excluding hydrogens is 162 g/mol. The molecule has 0 radical (unpaired) electrons. The van der Waals surface area contributed by atoms with Crippen LogP contribution in [-0.4, -0.2) is 9.38 Å². The van der Waals surface area contributed by atoms with Gasteiger partial charge in [-0.05, 0) is 12.1 Å². The fourth-order valence-electron chi connectivity index (χ4n) is 0.986. The van der Waals surface area contributed by atoms with E-state index in [1.54, 1.807) is 4.40 Å². The predicted molar refractivity (Wildman–Crippen MR) is 44.6 cm³/mol. The minimum absolute atomic E-state index is 0.358. The molecule has 0 spiro atoms. The maximum Gasteiger partial charge on any atom is 0.172 e. The highest BCUT2D eigenvalue weighted by atomic mass is 35.5. The summed E-state index contributed by atoms with van der Waals surface area (Å²) < 4.78 is 1.74. The molecule has 3 nitrogen and oxygen atoms in total. The maximum absolute atomic E-state index is 5.70. The number of fused-ring (bicyclic) bond motifs is 1. The van der Waals surface area contributed by atoms with Crippen molar-refractivity contribution in [3.05, 3.63) is 29.5 Å². The van der Waals surface area contributed by atoms with Gasteiger partial charge in [0, 0.05) is 6.20 Å². The van der Waals surface area contributed by atoms with Gasteiger partial charge in [0.1, 0.15) is 11.5 Å². The highest BCUT2D eigenvalue weighted by molar-refractivity contribution is 6.31. The first-order chi connectivity index (χ1) is 5.29. The zero-order valence-corrected chi connectivity index (χ0v) is 6.42. The van der Waals surface area contributed by atoms with Crippen molar-refractivity contribution in [1.82, 2.24) is 9.38 Å². The van der Waals surface area contributed by atoms with Crippen LogP contribution in [0.1, 0.15) is 0 Å². The number of nitrogens with zero attached hydrogens (tertiary/aromatic N) is 2. The van der Waals surface area contributed by atoms with Crippen molar-refractivity contribution in [1.29, 1.82) is 0 Å². The summed E-state index contributed by atoms with van der Waals surface area (Å²) in [7, 11) is 0. The number of nitrogens with two attached hydrogens (primary N) is 1. The Kier molecular flexibility index (Phi) is 1.26. The van der Waals surface area contributed by atoms with Crippen LogP contribution in [0.25, 0.3) is 5.65 Å². The third kappa shape index (κ3) is 0.851. The van der Waals surface area contributed by atoms with Crippen LogP contribution >= 0.6 is 11.6 Å². The van der Waals surface area contributed by atoms with E-state index in [9.17, 15) is 0 Å². The van der Waals surface area contributed by atoms with Crippen LogP contribution in [0.2, 0.25) is 5.15 Å². The molecule has 11 heavy (non-hydrogen) atoms. The van der Waals surface area contributed by atoms with E-state index in [1.165, 1.54) is 0 Å². The molecular formula is C7H6ClN3. The lowest BCUT2D eigenvalue weighted by atomic mass is 10.5. The molecule has 0 aliphatic heterocycles. The van der Waals surface area contributed by atoms with Gasteiger partial charge in [-0.25, -0.2) is 4.98 Å². The van der Waals surface area contributed by atoms with Gasteiger partial charge in [-0.3, -0.25) is 4.40 Å². The number of imidazole rings is 1. The van der Waals surface area contributed by atoms with Crippen LogP contribution in [0.5, 0.6) is 0 Å². The summed E-state index contributed by atoms with van der Waals surface area (Å²) in [5, 5.41) is 0.358. The highest BCUT2D eigenvalue weighted by Crippen LogP contribution is 2.18. The molecule has 0 amide bonds. The number of hydrogen-bond donors (Lipinski definition) is 1. The molecule has 0 saturated carbocycles. The van der Waals surface area contributed by atoms with E-state index in [1.807, 2.05) is 24.4 Å². The summed E-state index contributed by atoms with van der Waals surface area (Å²) in [6.45, 7) is 0. The van der Waals surface area contributed by atoms with E-state index in [-0.39, 0.29) is 0 Å². The van der Waals surface area contributed by atoms with E-state index >= 15 is 0 Å². The average Bonchev–Trinajstić information content (AvgIpc) is 2.30. The Morgan fingerprint density at radius 1 is 1.45 bits per heavy atom. The Labute approximate surface area is 68.4 Å². The molecule has 2 heterocycles. The third-order valence-corrected chi connectivity index (χ3v) is 1.80. The van der Waals surface area contributed by atoms with Crippen molar-refractivity contribution in [2.75, 3.05) is 5.73 Å². The van der Waals surface area contributed by atoms with Crippen molar-refractivity contribution in [2.45, 2.75) is 0 Å². The van der Waals surface area contributed by atoms with E-state index < -0.39 is 0 Å². The second-order valence-electron chi connectivity index (χ2n) is 2.22. The average molecular weight is 168 g/mol. The molecule has 0 aliphatic carbocycles. The number of nitrogen functional groups attached to an aromatic ring is 1. The van der Waals surface area contributed by atoms with Crippen LogP contribution < -0.4 is 5.73 Å². The number of rotatable bonds is 0. The number of halogens is 1. The molecule has 0 saturated heterocycles. The lowest BCUT2D eigenvalue weighted by Gasteiger charge is -1.92. The lowest BCUT2D eigenvalue weighted by molar-refractivity contribution is 1.20. The molecule has 0 aliphatic rings. The molecule has 4 heteroatoms. The maximum atomic E-state index is 5.70. The van der Waals surface area contributed by atoms with Crippen LogP contribution in [0.4, 0.5) is 5.82 Å². The minimum Gasteiger partial charge on any atom is -0.382 e. The Morgan fingerprint density at radius 2 is 2.27 bits per heavy atom. The Hall–Kier alpha value is -1.22. The van der Waals surface area contributed by atoms with Gasteiger partial charge in [0.15, 0.2) is 5.15 Å². The predicted octanol–water partition coefficient (Wildman–Crippen LogP) is 1.57. The number of hydrogen-bond acceptors (Lipinski definition) is 2. The van der Waals surface area contributed by atoms with Crippen LogP contribution in [0, 0.1) is 0 Å². The Balaban J connectivity index is 2.92. The Bertz CT molecular complexity index is 393. The smallest absolute Gasteiger partial charge is 0.172 e. The zero-order valence-electron chi connectivity index (χ0n) is 5.66. The zero-order chi connectivity index (χ0) is 7.84. The van der Waals surface area contributed by atoms with E-state index in [0.717, 1.165) is 5.65 Å². The fraction of sp³-hybridized carbons (Fsp3) is 0. The summed E-state index contributed by atoms with van der Waals surface area (Å²) in [4.78, 5) is 4.02. The highest BCUT2D eigenvalue weighted by Gasteiger charge is 2.03. The molecule has 2 N–H and O–H groups in total. The van der Waals surface area contributed by atoms with E-state index in [4.69, 9.17) is 17.3 Å². The number of anilines is 1. The van der Waals surface area contributed by atoms with E-state index in [2.05, 4.69) is 4.98 Å². The SMILES string of the molecule is Nc1c(Cl)nc2ccccn12. The molecule has 0 fully saturated rings. The molecule has 2 aromatic rings. The standard InChI is InChI=1S/C7H6ClN3/c8-6-7(9)11-4-2-1-3-5(11)10-6/h1-4H,9H2. The topological polar surface area (TPSA) is 43.3 Å². The monoisotopic (exact) mass is 167 g/mol. The normalized spacial score (nSPS) is 10.6. The molecule has 0 unspecified atom stereocenters.